The molecule has 0 radical (unpaired) electrons. The van der Waals surface area contributed by atoms with Gasteiger partial charge in [-0.2, -0.15) is 13.2 Å². The topological polar surface area (TPSA) is 51.1 Å². The van der Waals surface area contributed by atoms with Gasteiger partial charge in [0.15, 0.2) is 0 Å². The summed E-state index contributed by atoms with van der Waals surface area (Å²) in [5.41, 5.74) is -0.420. The summed E-state index contributed by atoms with van der Waals surface area (Å²) < 4.78 is 64.2. The Kier molecular flexibility index (Phi) is 5.50. The zero-order valence-corrected chi connectivity index (χ0v) is 15.9. The summed E-state index contributed by atoms with van der Waals surface area (Å²) in [5.74, 6) is -0.820. The van der Waals surface area contributed by atoms with Gasteiger partial charge >= 0.3 is 12.1 Å². The third-order valence-electron chi connectivity index (χ3n) is 4.66. The second-order valence-corrected chi connectivity index (χ2v) is 6.39. The van der Waals surface area contributed by atoms with Gasteiger partial charge in [-0.1, -0.05) is 12.1 Å². The number of nitrogens with zero attached hydrogens (tertiary/aromatic N) is 2. The van der Waals surface area contributed by atoms with Gasteiger partial charge in [0.05, 0.1) is 37.9 Å². The number of alkyl halides is 3. The Labute approximate surface area is 164 Å². The molecule has 154 valence electrons. The fraction of sp³-hybridized carbons (Fsp3) is 0.300. The van der Waals surface area contributed by atoms with Gasteiger partial charge in [0.2, 0.25) is 0 Å². The van der Waals surface area contributed by atoms with Crippen LogP contribution in [0.2, 0.25) is 0 Å². The van der Waals surface area contributed by atoms with E-state index in [1.807, 2.05) is 0 Å². The summed E-state index contributed by atoms with van der Waals surface area (Å²) in [7, 11) is 2.53. The molecule has 0 N–H and O–H groups in total. The van der Waals surface area contributed by atoms with E-state index in [1.165, 1.54) is 44.2 Å². The monoisotopic (exact) mass is 410 g/mol. The first-order chi connectivity index (χ1) is 13.7. The Balaban J connectivity index is 2.23. The normalized spacial score (nSPS) is 16.2. The summed E-state index contributed by atoms with van der Waals surface area (Å²) in [4.78, 5) is 17.7. The van der Waals surface area contributed by atoms with Gasteiger partial charge in [0.1, 0.15) is 23.1 Å². The summed E-state index contributed by atoms with van der Waals surface area (Å²) in [6, 6.07) is 6.45. The van der Waals surface area contributed by atoms with Crippen LogP contribution in [0, 0.1) is 5.82 Å². The number of carbonyl (C=O) groups is 1. The number of amidine groups is 1. The van der Waals surface area contributed by atoms with Crippen LogP contribution in [0.1, 0.15) is 30.5 Å². The Morgan fingerprint density at radius 1 is 1.21 bits per heavy atom. The van der Waals surface area contributed by atoms with E-state index >= 15 is 0 Å². The van der Waals surface area contributed by atoms with Crippen molar-refractivity contribution in [2.24, 2.45) is 4.99 Å². The van der Waals surface area contributed by atoms with E-state index in [0.29, 0.717) is 5.56 Å². The van der Waals surface area contributed by atoms with Gasteiger partial charge in [-0.3, -0.25) is 4.79 Å². The minimum Gasteiger partial charge on any atom is -0.495 e. The molecule has 0 fully saturated rings. The maximum Gasteiger partial charge on any atom is 0.416 e. The zero-order valence-electron chi connectivity index (χ0n) is 15.9. The smallest absolute Gasteiger partial charge is 0.416 e. The molecule has 5 nitrogen and oxygen atoms in total. The van der Waals surface area contributed by atoms with Crippen LogP contribution >= 0.6 is 0 Å². The number of para-hydroxylation sites is 1. The number of halogens is 4. The van der Waals surface area contributed by atoms with Crippen LogP contribution in [-0.4, -0.2) is 26.0 Å². The second-order valence-electron chi connectivity index (χ2n) is 6.39. The number of aliphatic imine (C=N–C) groups is 1. The first kappa shape index (κ1) is 20.6. The number of benzene rings is 2. The average molecular weight is 410 g/mol. The minimum absolute atomic E-state index is 0.0427. The maximum atomic E-state index is 14.3. The molecule has 0 saturated carbocycles. The van der Waals surface area contributed by atoms with Crippen molar-refractivity contribution in [3.63, 3.8) is 0 Å². The van der Waals surface area contributed by atoms with E-state index < -0.39 is 29.6 Å². The molecular formula is C20H18F4N2O3. The van der Waals surface area contributed by atoms with Crippen molar-refractivity contribution in [3.05, 3.63) is 53.3 Å². The van der Waals surface area contributed by atoms with E-state index in [0.717, 1.165) is 12.1 Å². The predicted molar refractivity (Wildman–Crippen MR) is 99.0 cm³/mol. The number of esters is 1. The third kappa shape index (κ3) is 3.90. The lowest BCUT2D eigenvalue weighted by Crippen LogP contribution is -2.37. The molecule has 9 heteroatoms. The number of hydrogen-bond donors (Lipinski definition) is 0. The highest BCUT2D eigenvalue weighted by Gasteiger charge is 2.37. The molecule has 29 heavy (non-hydrogen) atoms. The molecule has 0 bridgehead atoms. The van der Waals surface area contributed by atoms with Crippen LogP contribution < -0.4 is 9.64 Å². The highest BCUT2D eigenvalue weighted by molar-refractivity contribution is 6.02. The number of carbonyl (C=O) groups excluding carboxylic acids is 1. The zero-order chi connectivity index (χ0) is 21.3. The SMILES string of the molecule is COC(=O)CC1c2cccc(F)c2N=C(C)N1c1cc(C(F)(F)F)ccc1OC. The van der Waals surface area contributed by atoms with Crippen molar-refractivity contribution < 1.29 is 31.8 Å². The highest BCUT2D eigenvalue weighted by atomic mass is 19.4. The summed E-state index contributed by atoms with van der Waals surface area (Å²) >= 11 is 0. The van der Waals surface area contributed by atoms with Crippen LogP contribution in [0.3, 0.4) is 0 Å². The van der Waals surface area contributed by atoms with Crippen molar-refractivity contribution in [1.82, 2.24) is 0 Å². The van der Waals surface area contributed by atoms with Crippen molar-refractivity contribution in [2.75, 3.05) is 19.1 Å². The molecule has 1 unspecified atom stereocenters. The number of hydrogen-bond acceptors (Lipinski definition) is 5. The lowest BCUT2D eigenvalue weighted by molar-refractivity contribution is -0.141. The van der Waals surface area contributed by atoms with Crippen LogP contribution in [0.5, 0.6) is 5.75 Å². The van der Waals surface area contributed by atoms with Crippen LogP contribution in [0.4, 0.5) is 28.9 Å². The van der Waals surface area contributed by atoms with Gasteiger partial charge in [0, 0.05) is 5.56 Å². The van der Waals surface area contributed by atoms with E-state index in [9.17, 15) is 22.4 Å². The Morgan fingerprint density at radius 3 is 2.55 bits per heavy atom. The second kappa shape index (κ2) is 7.73. The first-order valence-electron chi connectivity index (χ1n) is 8.62. The minimum atomic E-state index is -4.58. The van der Waals surface area contributed by atoms with Crippen LogP contribution in [-0.2, 0) is 15.7 Å². The Morgan fingerprint density at radius 2 is 1.93 bits per heavy atom. The van der Waals surface area contributed by atoms with Crippen molar-refractivity contribution in [2.45, 2.75) is 25.6 Å². The van der Waals surface area contributed by atoms with Gasteiger partial charge in [-0.05, 0) is 31.2 Å². The largest absolute Gasteiger partial charge is 0.495 e. The van der Waals surface area contributed by atoms with Gasteiger partial charge in [-0.25, -0.2) is 9.38 Å². The molecule has 0 amide bonds. The maximum absolute atomic E-state index is 14.3. The summed E-state index contributed by atoms with van der Waals surface area (Å²) in [6.07, 6.45) is -4.80. The van der Waals surface area contributed by atoms with Gasteiger partial charge in [-0.15, -0.1) is 0 Å². The average Bonchev–Trinajstić information content (AvgIpc) is 2.67. The lowest BCUT2D eigenvalue weighted by atomic mass is 9.96. The number of methoxy groups -OCH3 is 2. The molecule has 1 heterocycles. The van der Waals surface area contributed by atoms with Gasteiger partial charge < -0.3 is 14.4 Å². The third-order valence-corrected chi connectivity index (χ3v) is 4.66. The van der Waals surface area contributed by atoms with E-state index in [2.05, 4.69) is 4.99 Å². The molecule has 0 aliphatic carbocycles. The lowest BCUT2D eigenvalue weighted by Gasteiger charge is -2.37. The van der Waals surface area contributed by atoms with Gasteiger partial charge in [0.25, 0.3) is 0 Å². The highest BCUT2D eigenvalue weighted by Crippen LogP contribution is 2.45. The molecule has 0 aromatic heterocycles. The summed E-state index contributed by atoms with van der Waals surface area (Å²) in [6.45, 7) is 1.53. The van der Waals surface area contributed by atoms with Crippen molar-refractivity contribution >= 4 is 23.2 Å². The van der Waals surface area contributed by atoms with E-state index in [1.54, 1.807) is 6.07 Å². The predicted octanol–water partition coefficient (Wildman–Crippen LogP) is 5.03. The fourth-order valence-corrected chi connectivity index (χ4v) is 3.34. The number of rotatable bonds is 4. The standard InChI is InChI=1S/C20H18F4N2O3/c1-11-25-19-13(5-4-6-14(19)21)15(10-18(27)29-3)26(11)16-9-12(20(22,23)24)7-8-17(16)28-2/h4-9,15H,10H2,1-3H3. The Hall–Kier alpha value is -3.10. The fourth-order valence-electron chi connectivity index (χ4n) is 3.34. The Bertz CT molecular complexity index is 973. The molecule has 1 atom stereocenters. The number of ether oxygens (including phenoxy) is 2. The number of fused-ring (bicyclic) bond motifs is 1. The van der Waals surface area contributed by atoms with Crippen molar-refractivity contribution in [3.8, 4) is 5.75 Å². The van der Waals surface area contributed by atoms with E-state index in [4.69, 9.17) is 9.47 Å². The molecule has 0 spiro atoms. The summed E-state index contributed by atoms with van der Waals surface area (Å²) in [5, 5.41) is 0. The molecule has 3 rings (SSSR count). The van der Waals surface area contributed by atoms with E-state index in [-0.39, 0.29) is 29.4 Å². The molecule has 2 aromatic carbocycles. The van der Waals surface area contributed by atoms with Crippen LogP contribution in [0.15, 0.2) is 41.4 Å². The quantitative estimate of drug-likeness (QED) is 0.524. The van der Waals surface area contributed by atoms with Crippen molar-refractivity contribution in [1.29, 1.82) is 0 Å². The van der Waals surface area contributed by atoms with Crippen LogP contribution in [0.25, 0.3) is 0 Å². The molecule has 1 aliphatic rings. The first-order valence-corrected chi connectivity index (χ1v) is 8.62. The number of anilines is 1. The molecule has 0 saturated heterocycles. The molecular weight excluding hydrogens is 392 g/mol. The molecule has 2 aromatic rings. The molecule has 1 aliphatic heterocycles.